The summed E-state index contributed by atoms with van der Waals surface area (Å²) < 4.78 is 4.94. The first-order chi connectivity index (χ1) is 7.77. The molecule has 1 rings (SSSR count). The SMILES string of the molecule is COc1ccc([C@@H](O)C(C)(C)C)c([N+](=O)[O-])c1. The Morgan fingerprint density at radius 3 is 2.41 bits per heavy atom. The summed E-state index contributed by atoms with van der Waals surface area (Å²) in [6.45, 7) is 5.48. The van der Waals surface area contributed by atoms with Crippen LogP contribution in [-0.2, 0) is 0 Å². The molecule has 94 valence electrons. The molecule has 5 heteroatoms. The highest BCUT2D eigenvalue weighted by atomic mass is 16.6. The second-order valence-corrected chi connectivity index (χ2v) is 4.95. The number of nitro benzene ring substituents is 1. The zero-order chi connectivity index (χ0) is 13.2. The molecule has 0 spiro atoms. The zero-order valence-electron chi connectivity index (χ0n) is 10.4. The smallest absolute Gasteiger partial charge is 0.278 e. The molecule has 0 saturated heterocycles. The van der Waals surface area contributed by atoms with Crippen molar-refractivity contribution in [3.63, 3.8) is 0 Å². The number of nitro groups is 1. The van der Waals surface area contributed by atoms with Gasteiger partial charge in [0.05, 0.1) is 29.8 Å². The Hall–Kier alpha value is -1.62. The van der Waals surface area contributed by atoms with E-state index in [1.807, 2.05) is 20.8 Å². The van der Waals surface area contributed by atoms with Crippen molar-refractivity contribution in [1.29, 1.82) is 0 Å². The van der Waals surface area contributed by atoms with Gasteiger partial charge in [-0.05, 0) is 17.5 Å². The summed E-state index contributed by atoms with van der Waals surface area (Å²) in [6, 6.07) is 4.47. The lowest BCUT2D eigenvalue weighted by Gasteiger charge is -2.25. The number of ether oxygens (including phenoxy) is 1. The second kappa shape index (κ2) is 4.71. The molecule has 1 N–H and O–H groups in total. The highest BCUT2D eigenvalue weighted by molar-refractivity contribution is 5.47. The maximum Gasteiger partial charge on any atom is 0.278 e. The molecule has 1 aromatic carbocycles. The molecular weight excluding hydrogens is 222 g/mol. The van der Waals surface area contributed by atoms with Gasteiger partial charge < -0.3 is 9.84 Å². The Kier molecular flexibility index (Phi) is 3.72. The van der Waals surface area contributed by atoms with Crippen LogP contribution in [0.5, 0.6) is 5.75 Å². The molecule has 5 nitrogen and oxygen atoms in total. The molecule has 0 heterocycles. The average molecular weight is 239 g/mol. The largest absolute Gasteiger partial charge is 0.497 e. The normalized spacial score (nSPS) is 13.2. The van der Waals surface area contributed by atoms with E-state index in [1.165, 1.54) is 19.2 Å². The number of rotatable bonds is 3. The molecule has 0 aliphatic rings. The predicted molar refractivity (Wildman–Crippen MR) is 64.1 cm³/mol. The van der Waals surface area contributed by atoms with Gasteiger partial charge in [0.2, 0.25) is 0 Å². The number of benzene rings is 1. The highest BCUT2D eigenvalue weighted by Crippen LogP contribution is 2.38. The molecule has 0 saturated carbocycles. The number of methoxy groups -OCH3 is 1. The summed E-state index contributed by atoms with van der Waals surface area (Å²) in [5, 5.41) is 21.1. The lowest BCUT2D eigenvalue weighted by molar-refractivity contribution is -0.386. The van der Waals surface area contributed by atoms with Crippen LogP contribution in [0.2, 0.25) is 0 Å². The Balaban J connectivity index is 3.29. The van der Waals surface area contributed by atoms with E-state index in [-0.39, 0.29) is 5.69 Å². The van der Waals surface area contributed by atoms with Crippen LogP contribution in [0.25, 0.3) is 0 Å². The monoisotopic (exact) mass is 239 g/mol. The van der Waals surface area contributed by atoms with Crippen LogP contribution in [0.15, 0.2) is 18.2 Å². The lowest BCUT2D eigenvalue weighted by Crippen LogP contribution is -2.18. The van der Waals surface area contributed by atoms with E-state index in [4.69, 9.17) is 4.74 Å². The van der Waals surface area contributed by atoms with Gasteiger partial charge in [-0.25, -0.2) is 0 Å². The van der Waals surface area contributed by atoms with Crippen LogP contribution in [0.4, 0.5) is 5.69 Å². The Labute approximate surface area is 100 Å². The van der Waals surface area contributed by atoms with Crippen LogP contribution in [-0.4, -0.2) is 17.1 Å². The predicted octanol–water partition coefficient (Wildman–Crippen LogP) is 2.68. The van der Waals surface area contributed by atoms with Gasteiger partial charge in [0, 0.05) is 0 Å². The van der Waals surface area contributed by atoms with Gasteiger partial charge >= 0.3 is 0 Å². The molecule has 17 heavy (non-hydrogen) atoms. The van der Waals surface area contributed by atoms with E-state index in [2.05, 4.69) is 0 Å². The van der Waals surface area contributed by atoms with Gasteiger partial charge in [-0.15, -0.1) is 0 Å². The standard InChI is InChI=1S/C12H17NO4/c1-12(2,3)11(14)9-6-5-8(17-4)7-10(9)13(15)16/h5-7,11,14H,1-4H3/t11-/m1/s1. The molecular formula is C12H17NO4. The van der Waals surface area contributed by atoms with Crippen molar-refractivity contribution in [3.8, 4) is 5.75 Å². The minimum atomic E-state index is -0.895. The number of hydrogen-bond acceptors (Lipinski definition) is 4. The van der Waals surface area contributed by atoms with Crippen LogP contribution in [0, 0.1) is 15.5 Å². The van der Waals surface area contributed by atoms with Gasteiger partial charge in [0.25, 0.3) is 5.69 Å². The highest BCUT2D eigenvalue weighted by Gasteiger charge is 2.30. The van der Waals surface area contributed by atoms with E-state index in [0.717, 1.165) is 0 Å². The molecule has 1 aromatic rings. The minimum Gasteiger partial charge on any atom is -0.497 e. The molecule has 0 amide bonds. The molecule has 0 aliphatic heterocycles. The first-order valence-electron chi connectivity index (χ1n) is 5.27. The summed E-state index contributed by atoms with van der Waals surface area (Å²) in [4.78, 5) is 10.5. The molecule has 0 radical (unpaired) electrons. The number of aliphatic hydroxyl groups excluding tert-OH is 1. The molecule has 0 aliphatic carbocycles. The third kappa shape index (κ3) is 2.94. The maximum atomic E-state index is 11.0. The lowest BCUT2D eigenvalue weighted by atomic mass is 9.84. The van der Waals surface area contributed by atoms with Gasteiger partial charge in [-0.1, -0.05) is 20.8 Å². The second-order valence-electron chi connectivity index (χ2n) is 4.95. The average Bonchev–Trinajstić information content (AvgIpc) is 2.25. The van der Waals surface area contributed by atoms with Crippen molar-refractivity contribution in [3.05, 3.63) is 33.9 Å². The quantitative estimate of drug-likeness (QED) is 0.650. The molecule has 0 bridgehead atoms. The van der Waals surface area contributed by atoms with Crippen molar-refractivity contribution >= 4 is 5.69 Å². The third-order valence-corrected chi connectivity index (χ3v) is 2.55. The summed E-state index contributed by atoms with van der Waals surface area (Å²) in [5.74, 6) is 0.404. The minimum absolute atomic E-state index is 0.119. The van der Waals surface area contributed by atoms with Crippen LogP contribution >= 0.6 is 0 Å². The number of nitrogens with zero attached hydrogens (tertiary/aromatic N) is 1. The van der Waals surface area contributed by atoms with E-state index >= 15 is 0 Å². The fourth-order valence-electron chi connectivity index (χ4n) is 1.51. The topological polar surface area (TPSA) is 72.6 Å². The van der Waals surface area contributed by atoms with Crippen molar-refractivity contribution in [2.75, 3.05) is 7.11 Å². The summed E-state index contributed by atoms with van der Waals surface area (Å²) in [6.07, 6.45) is -0.895. The van der Waals surface area contributed by atoms with Gasteiger partial charge in [-0.3, -0.25) is 10.1 Å². The summed E-state index contributed by atoms with van der Waals surface area (Å²) in [5.41, 5.74) is -0.269. The van der Waals surface area contributed by atoms with E-state index in [0.29, 0.717) is 11.3 Å². The van der Waals surface area contributed by atoms with Crippen LogP contribution in [0.3, 0.4) is 0 Å². The number of aliphatic hydroxyl groups is 1. The van der Waals surface area contributed by atoms with Crippen LogP contribution in [0.1, 0.15) is 32.4 Å². The van der Waals surface area contributed by atoms with Gasteiger partial charge in [0.1, 0.15) is 5.75 Å². The number of hydrogen-bond donors (Lipinski definition) is 1. The maximum absolute atomic E-state index is 11.0. The summed E-state index contributed by atoms with van der Waals surface area (Å²) >= 11 is 0. The molecule has 1 atom stereocenters. The van der Waals surface area contributed by atoms with Crippen LogP contribution < -0.4 is 4.74 Å². The fourth-order valence-corrected chi connectivity index (χ4v) is 1.51. The Bertz CT molecular complexity index is 423. The van der Waals surface area contributed by atoms with Gasteiger partial charge in [0.15, 0.2) is 0 Å². The molecule has 0 fully saturated rings. The summed E-state index contributed by atoms with van der Waals surface area (Å²) in [7, 11) is 1.44. The van der Waals surface area contributed by atoms with E-state index in [1.54, 1.807) is 6.07 Å². The molecule has 0 aromatic heterocycles. The van der Waals surface area contributed by atoms with E-state index < -0.39 is 16.4 Å². The van der Waals surface area contributed by atoms with Crippen molar-refractivity contribution < 1.29 is 14.8 Å². The first kappa shape index (κ1) is 13.4. The molecule has 0 unspecified atom stereocenters. The van der Waals surface area contributed by atoms with Gasteiger partial charge in [-0.2, -0.15) is 0 Å². The third-order valence-electron chi connectivity index (χ3n) is 2.55. The zero-order valence-corrected chi connectivity index (χ0v) is 10.4. The first-order valence-corrected chi connectivity index (χ1v) is 5.27. The van der Waals surface area contributed by atoms with E-state index in [9.17, 15) is 15.2 Å². The Morgan fingerprint density at radius 1 is 1.41 bits per heavy atom. The fraction of sp³-hybridized carbons (Fsp3) is 0.500. The van der Waals surface area contributed by atoms with Crippen molar-refractivity contribution in [1.82, 2.24) is 0 Å². The Morgan fingerprint density at radius 2 is 2.00 bits per heavy atom. The van der Waals surface area contributed by atoms with Crippen molar-refractivity contribution in [2.45, 2.75) is 26.9 Å². The van der Waals surface area contributed by atoms with Crippen molar-refractivity contribution in [2.24, 2.45) is 5.41 Å².